The average Bonchev–Trinajstić information content (AvgIpc) is 3.01. The Kier molecular flexibility index (Phi) is 4.98. The molecule has 1 aromatic rings. The van der Waals surface area contributed by atoms with Gasteiger partial charge in [0, 0.05) is 37.2 Å². The van der Waals surface area contributed by atoms with Crippen molar-refractivity contribution in [3.63, 3.8) is 0 Å². The van der Waals surface area contributed by atoms with E-state index in [1.807, 2.05) is 11.3 Å². The SMILES string of the molecule is COCC(CNC1CC1)N(C)Cc1cccs1. The van der Waals surface area contributed by atoms with Crippen molar-refractivity contribution >= 4 is 11.3 Å². The van der Waals surface area contributed by atoms with Crippen molar-refractivity contribution in [2.24, 2.45) is 0 Å². The van der Waals surface area contributed by atoms with Gasteiger partial charge in [0.1, 0.15) is 0 Å². The summed E-state index contributed by atoms with van der Waals surface area (Å²) < 4.78 is 5.32. The second-order valence-electron chi connectivity index (χ2n) is 4.79. The van der Waals surface area contributed by atoms with Crippen molar-refractivity contribution < 1.29 is 4.74 Å². The molecule has 1 aromatic heterocycles. The lowest BCUT2D eigenvalue weighted by atomic mass is 10.2. The zero-order valence-corrected chi connectivity index (χ0v) is 11.5. The summed E-state index contributed by atoms with van der Waals surface area (Å²) in [5.41, 5.74) is 0. The lowest BCUT2D eigenvalue weighted by molar-refractivity contribution is 0.102. The van der Waals surface area contributed by atoms with Crippen molar-refractivity contribution in [2.75, 3.05) is 27.3 Å². The van der Waals surface area contributed by atoms with E-state index in [1.165, 1.54) is 17.7 Å². The van der Waals surface area contributed by atoms with Gasteiger partial charge in [0.25, 0.3) is 0 Å². The predicted molar refractivity (Wildman–Crippen MR) is 72.5 cm³/mol. The molecule has 0 aliphatic heterocycles. The largest absolute Gasteiger partial charge is 0.383 e. The highest BCUT2D eigenvalue weighted by Gasteiger charge is 2.23. The van der Waals surface area contributed by atoms with Crippen LogP contribution < -0.4 is 5.32 Å². The van der Waals surface area contributed by atoms with Gasteiger partial charge in [0.15, 0.2) is 0 Å². The zero-order valence-electron chi connectivity index (χ0n) is 10.7. The van der Waals surface area contributed by atoms with E-state index in [0.29, 0.717) is 6.04 Å². The highest BCUT2D eigenvalue weighted by Crippen LogP contribution is 2.19. The van der Waals surface area contributed by atoms with Crippen LogP contribution in [-0.2, 0) is 11.3 Å². The van der Waals surface area contributed by atoms with Gasteiger partial charge in [-0.05, 0) is 31.3 Å². The van der Waals surface area contributed by atoms with E-state index in [2.05, 4.69) is 34.8 Å². The van der Waals surface area contributed by atoms with Crippen molar-refractivity contribution in [3.8, 4) is 0 Å². The molecule has 2 rings (SSSR count). The number of methoxy groups -OCH3 is 1. The Balaban J connectivity index is 1.79. The van der Waals surface area contributed by atoms with Gasteiger partial charge in [-0.15, -0.1) is 11.3 Å². The van der Waals surface area contributed by atoms with Crippen LogP contribution in [-0.4, -0.2) is 44.3 Å². The first kappa shape index (κ1) is 13.0. The number of rotatable bonds is 8. The number of ether oxygens (including phenoxy) is 1. The molecule has 1 aliphatic carbocycles. The van der Waals surface area contributed by atoms with E-state index in [0.717, 1.165) is 25.7 Å². The Labute approximate surface area is 108 Å². The van der Waals surface area contributed by atoms with Gasteiger partial charge in [0.2, 0.25) is 0 Å². The molecule has 1 aliphatic rings. The summed E-state index contributed by atoms with van der Waals surface area (Å²) in [6.45, 7) is 2.83. The molecule has 96 valence electrons. The van der Waals surface area contributed by atoms with Crippen molar-refractivity contribution in [1.29, 1.82) is 0 Å². The molecule has 0 saturated heterocycles. The lowest BCUT2D eigenvalue weighted by Gasteiger charge is -2.27. The summed E-state index contributed by atoms with van der Waals surface area (Å²) in [5, 5.41) is 5.72. The van der Waals surface area contributed by atoms with E-state index in [-0.39, 0.29) is 0 Å². The number of nitrogens with one attached hydrogen (secondary N) is 1. The fourth-order valence-corrected chi connectivity index (χ4v) is 2.67. The molecule has 3 nitrogen and oxygen atoms in total. The average molecular weight is 254 g/mol. The smallest absolute Gasteiger partial charge is 0.0630 e. The lowest BCUT2D eigenvalue weighted by Crippen LogP contribution is -2.43. The van der Waals surface area contributed by atoms with Crippen molar-refractivity contribution in [1.82, 2.24) is 10.2 Å². The van der Waals surface area contributed by atoms with Gasteiger partial charge >= 0.3 is 0 Å². The Morgan fingerprint density at radius 1 is 1.59 bits per heavy atom. The summed E-state index contributed by atoms with van der Waals surface area (Å²) in [4.78, 5) is 3.80. The monoisotopic (exact) mass is 254 g/mol. The maximum atomic E-state index is 5.32. The van der Waals surface area contributed by atoms with Gasteiger partial charge in [-0.3, -0.25) is 4.90 Å². The van der Waals surface area contributed by atoms with Gasteiger partial charge in [-0.2, -0.15) is 0 Å². The molecule has 0 aromatic carbocycles. The van der Waals surface area contributed by atoms with E-state index >= 15 is 0 Å². The van der Waals surface area contributed by atoms with Crippen LogP contribution in [0.1, 0.15) is 17.7 Å². The highest BCUT2D eigenvalue weighted by molar-refractivity contribution is 7.09. The number of hydrogen-bond acceptors (Lipinski definition) is 4. The molecule has 1 N–H and O–H groups in total. The summed E-state index contributed by atoms with van der Waals surface area (Å²) in [5.74, 6) is 0. The summed E-state index contributed by atoms with van der Waals surface area (Å²) in [7, 11) is 3.96. The highest BCUT2D eigenvalue weighted by atomic mass is 32.1. The van der Waals surface area contributed by atoms with Crippen LogP contribution in [0.5, 0.6) is 0 Å². The standard InChI is InChI=1S/C13H22N2OS/c1-15(9-13-4-3-7-17-13)12(10-16-2)8-14-11-5-6-11/h3-4,7,11-12,14H,5-6,8-10H2,1-2H3. The van der Waals surface area contributed by atoms with Crippen LogP contribution >= 0.6 is 11.3 Å². The molecular formula is C13H22N2OS. The second-order valence-corrected chi connectivity index (χ2v) is 5.82. The number of hydrogen-bond donors (Lipinski definition) is 1. The molecule has 0 spiro atoms. The fraction of sp³-hybridized carbons (Fsp3) is 0.692. The first-order chi connectivity index (χ1) is 8.29. The second kappa shape index (κ2) is 6.50. The summed E-state index contributed by atoms with van der Waals surface area (Å²) >= 11 is 1.82. The quantitative estimate of drug-likeness (QED) is 0.767. The molecule has 1 saturated carbocycles. The van der Waals surface area contributed by atoms with Crippen molar-refractivity contribution in [3.05, 3.63) is 22.4 Å². The minimum absolute atomic E-state index is 0.461. The van der Waals surface area contributed by atoms with Crippen LogP contribution in [0.2, 0.25) is 0 Å². The maximum Gasteiger partial charge on any atom is 0.0630 e. The molecule has 0 amide bonds. The minimum atomic E-state index is 0.461. The number of nitrogens with zero attached hydrogens (tertiary/aromatic N) is 1. The van der Waals surface area contributed by atoms with Gasteiger partial charge in [-0.25, -0.2) is 0 Å². The van der Waals surface area contributed by atoms with E-state index in [1.54, 1.807) is 7.11 Å². The van der Waals surface area contributed by atoms with Crippen LogP contribution in [0.15, 0.2) is 17.5 Å². The Hall–Kier alpha value is -0.420. The third-order valence-corrected chi connectivity index (χ3v) is 4.05. The topological polar surface area (TPSA) is 24.5 Å². The normalized spacial score (nSPS) is 17.6. The Morgan fingerprint density at radius 2 is 2.41 bits per heavy atom. The molecule has 1 heterocycles. The maximum absolute atomic E-state index is 5.32. The molecule has 0 radical (unpaired) electrons. The third-order valence-electron chi connectivity index (χ3n) is 3.19. The minimum Gasteiger partial charge on any atom is -0.383 e. The summed E-state index contributed by atoms with van der Waals surface area (Å²) in [6.07, 6.45) is 2.68. The van der Waals surface area contributed by atoms with Crippen LogP contribution in [0.25, 0.3) is 0 Å². The molecule has 1 unspecified atom stereocenters. The van der Waals surface area contributed by atoms with Gasteiger partial charge in [0.05, 0.1) is 6.61 Å². The first-order valence-corrected chi connectivity index (χ1v) is 7.12. The van der Waals surface area contributed by atoms with Crippen molar-refractivity contribution in [2.45, 2.75) is 31.5 Å². The van der Waals surface area contributed by atoms with Crippen LogP contribution in [0.4, 0.5) is 0 Å². The summed E-state index contributed by atoms with van der Waals surface area (Å²) in [6, 6.07) is 5.54. The molecule has 0 bridgehead atoms. The van der Waals surface area contributed by atoms with E-state index in [4.69, 9.17) is 4.74 Å². The van der Waals surface area contributed by atoms with E-state index in [9.17, 15) is 0 Å². The number of thiophene rings is 1. The third kappa shape index (κ3) is 4.39. The fourth-order valence-electron chi connectivity index (χ4n) is 1.90. The Morgan fingerprint density at radius 3 is 3.00 bits per heavy atom. The first-order valence-electron chi connectivity index (χ1n) is 6.24. The van der Waals surface area contributed by atoms with Gasteiger partial charge < -0.3 is 10.1 Å². The Bertz CT molecular complexity index is 311. The van der Waals surface area contributed by atoms with Crippen LogP contribution in [0, 0.1) is 0 Å². The molecule has 17 heavy (non-hydrogen) atoms. The zero-order chi connectivity index (χ0) is 12.1. The predicted octanol–water partition coefficient (Wildman–Crippen LogP) is 1.95. The van der Waals surface area contributed by atoms with E-state index < -0.39 is 0 Å². The van der Waals surface area contributed by atoms with Gasteiger partial charge in [-0.1, -0.05) is 6.07 Å². The van der Waals surface area contributed by atoms with Crippen LogP contribution in [0.3, 0.4) is 0 Å². The molecule has 1 fully saturated rings. The molecule has 4 heteroatoms. The molecular weight excluding hydrogens is 232 g/mol. The molecule has 1 atom stereocenters. The number of likely N-dealkylation sites (N-methyl/N-ethyl adjacent to an activating group) is 1.